The molecule has 0 saturated heterocycles. The van der Waals surface area contributed by atoms with Gasteiger partial charge in [0.05, 0.1) is 5.56 Å². The number of methoxy groups -OCH3 is 1. The standard InChI is InChI=1S/C13H18O3/c1-10(4-3-9-16-2)11-5-7-12(8-6-11)13(14)15/h5-8,10H,3-4,9H2,1-2H3,(H,14,15)/t10-/m1/s1. The normalized spacial score (nSPS) is 12.4. The number of hydrogen-bond donors (Lipinski definition) is 1. The SMILES string of the molecule is COCCC[C@@H](C)c1ccc(C(=O)O)cc1. The second-order valence-electron chi connectivity index (χ2n) is 3.96. The Labute approximate surface area is 96.1 Å². The molecule has 0 bridgehead atoms. The van der Waals surface area contributed by atoms with E-state index in [-0.39, 0.29) is 0 Å². The molecule has 1 N–H and O–H groups in total. The Morgan fingerprint density at radius 3 is 2.50 bits per heavy atom. The lowest BCUT2D eigenvalue weighted by molar-refractivity contribution is 0.0697. The Morgan fingerprint density at radius 1 is 1.38 bits per heavy atom. The lowest BCUT2D eigenvalue weighted by atomic mass is 9.95. The number of rotatable bonds is 6. The van der Waals surface area contributed by atoms with E-state index in [0.717, 1.165) is 19.4 Å². The number of carbonyl (C=O) groups is 1. The zero-order chi connectivity index (χ0) is 12.0. The smallest absolute Gasteiger partial charge is 0.335 e. The van der Waals surface area contributed by atoms with Crippen LogP contribution in [0.2, 0.25) is 0 Å². The second kappa shape index (κ2) is 6.28. The lowest BCUT2D eigenvalue weighted by Crippen LogP contribution is -1.99. The van der Waals surface area contributed by atoms with Crippen molar-refractivity contribution in [3.8, 4) is 0 Å². The molecule has 1 atom stereocenters. The van der Waals surface area contributed by atoms with Crippen molar-refractivity contribution in [2.45, 2.75) is 25.7 Å². The van der Waals surface area contributed by atoms with Gasteiger partial charge in [0.2, 0.25) is 0 Å². The maximum atomic E-state index is 10.7. The molecule has 0 heterocycles. The summed E-state index contributed by atoms with van der Waals surface area (Å²) >= 11 is 0. The summed E-state index contributed by atoms with van der Waals surface area (Å²) in [6.07, 6.45) is 2.08. The van der Waals surface area contributed by atoms with Crippen molar-refractivity contribution >= 4 is 5.97 Å². The van der Waals surface area contributed by atoms with E-state index in [1.807, 2.05) is 12.1 Å². The molecule has 0 fully saturated rings. The van der Waals surface area contributed by atoms with Gasteiger partial charge in [-0.1, -0.05) is 19.1 Å². The van der Waals surface area contributed by atoms with Gasteiger partial charge in [0.25, 0.3) is 0 Å². The van der Waals surface area contributed by atoms with E-state index in [0.29, 0.717) is 11.5 Å². The highest BCUT2D eigenvalue weighted by Crippen LogP contribution is 2.20. The Morgan fingerprint density at radius 2 is 2.00 bits per heavy atom. The molecule has 0 unspecified atom stereocenters. The first-order valence-electron chi connectivity index (χ1n) is 5.47. The van der Waals surface area contributed by atoms with Gasteiger partial charge in [-0.3, -0.25) is 0 Å². The van der Waals surface area contributed by atoms with Crippen LogP contribution in [0.25, 0.3) is 0 Å². The van der Waals surface area contributed by atoms with Crippen molar-refractivity contribution in [1.29, 1.82) is 0 Å². The monoisotopic (exact) mass is 222 g/mol. The molecule has 0 aliphatic carbocycles. The van der Waals surface area contributed by atoms with Gasteiger partial charge in [-0.05, 0) is 36.5 Å². The van der Waals surface area contributed by atoms with Gasteiger partial charge < -0.3 is 9.84 Å². The summed E-state index contributed by atoms with van der Waals surface area (Å²) in [4.78, 5) is 10.7. The predicted octanol–water partition coefficient (Wildman–Crippen LogP) is 2.91. The number of carboxylic acid groups (broad SMARTS) is 1. The maximum Gasteiger partial charge on any atom is 0.335 e. The number of benzene rings is 1. The number of aromatic carboxylic acids is 1. The maximum absolute atomic E-state index is 10.7. The van der Waals surface area contributed by atoms with Crippen LogP contribution in [-0.4, -0.2) is 24.8 Å². The van der Waals surface area contributed by atoms with E-state index in [4.69, 9.17) is 9.84 Å². The highest BCUT2D eigenvalue weighted by Gasteiger charge is 2.07. The van der Waals surface area contributed by atoms with Crippen molar-refractivity contribution in [1.82, 2.24) is 0 Å². The fourth-order valence-corrected chi connectivity index (χ4v) is 1.65. The second-order valence-corrected chi connectivity index (χ2v) is 3.96. The molecular formula is C13H18O3. The Bertz CT molecular complexity index is 330. The Hall–Kier alpha value is -1.35. The van der Waals surface area contributed by atoms with Crippen LogP contribution < -0.4 is 0 Å². The fraction of sp³-hybridized carbons (Fsp3) is 0.462. The third-order valence-corrected chi connectivity index (χ3v) is 2.71. The average Bonchev–Trinajstić information content (AvgIpc) is 2.29. The summed E-state index contributed by atoms with van der Waals surface area (Å²) < 4.78 is 5.00. The molecular weight excluding hydrogens is 204 g/mol. The average molecular weight is 222 g/mol. The summed E-state index contributed by atoms with van der Waals surface area (Å²) in [6, 6.07) is 7.09. The van der Waals surface area contributed by atoms with Gasteiger partial charge in [-0.15, -0.1) is 0 Å². The third-order valence-electron chi connectivity index (χ3n) is 2.71. The summed E-state index contributed by atoms with van der Waals surface area (Å²) in [6.45, 7) is 2.92. The first-order valence-corrected chi connectivity index (χ1v) is 5.47. The summed E-state index contributed by atoms with van der Waals surface area (Å²) in [5.41, 5.74) is 1.52. The van der Waals surface area contributed by atoms with Gasteiger partial charge in [-0.25, -0.2) is 4.79 Å². The Balaban J connectivity index is 2.56. The van der Waals surface area contributed by atoms with E-state index >= 15 is 0 Å². The predicted molar refractivity (Wildman–Crippen MR) is 62.9 cm³/mol. The van der Waals surface area contributed by atoms with Crippen LogP contribution in [0, 0.1) is 0 Å². The van der Waals surface area contributed by atoms with Crippen molar-refractivity contribution in [3.05, 3.63) is 35.4 Å². The van der Waals surface area contributed by atoms with E-state index in [2.05, 4.69) is 6.92 Å². The molecule has 1 aromatic carbocycles. The van der Waals surface area contributed by atoms with E-state index in [1.165, 1.54) is 5.56 Å². The van der Waals surface area contributed by atoms with Gasteiger partial charge >= 0.3 is 5.97 Å². The van der Waals surface area contributed by atoms with Gasteiger partial charge in [-0.2, -0.15) is 0 Å². The van der Waals surface area contributed by atoms with Crippen LogP contribution in [0.15, 0.2) is 24.3 Å². The van der Waals surface area contributed by atoms with Crippen molar-refractivity contribution < 1.29 is 14.6 Å². The quantitative estimate of drug-likeness (QED) is 0.753. The topological polar surface area (TPSA) is 46.5 Å². The molecule has 0 aliphatic rings. The molecule has 0 aromatic heterocycles. The molecule has 3 nitrogen and oxygen atoms in total. The van der Waals surface area contributed by atoms with Crippen molar-refractivity contribution in [2.24, 2.45) is 0 Å². The zero-order valence-corrected chi connectivity index (χ0v) is 9.77. The fourth-order valence-electron chi connectivity index (χ4n) is 1.65. The first-order chi connectivity index (χ1) is 7.65. The molecule has 0 amide bonds. The molecule has 0 radical (unpaired) electrons. The van der Waals surface area contributed by atoms with Gasteiger partial charge in [0.1, 0.15) is 0 Å². The Kier molecular flexibility index (Phi) is 4.99. The van der Waals surface area contributed by atoms with Gasteiger partial charge in [0.15, 0.2) is 0 Å². The van der Waals surface area contributed by atoms with Crippen molar-refractivity contribution in [2.75, 3.05) is 13.7 Å². The largest absolute Gasteiger partial charge is 0.478 e. The number of ether oxygens (including phenoxy) is 1. The highest BCUT2D eigenvalue weighted by atomic mass is 16.5. The van der Waals surface area contributed by atoms with Crippen LogP contribution >= 0.6 is 0 Å². The lowest BCUT2D eigenvalue weighted by Gasteiger charge is -2.11. The van der Waals surface area contributed by atoms with Crippen LogP contribution in [0.4, 0.5) is 0 Å². The van der Waals surface area contributed by atoms with Crippen LogP contribution in [0.3, 0.4) is 0 Å². The third kappa shape index (κ3) is 3.66. The number of hydrogen-bond acceptors (Lipinski definition) is 2. The summed E-state index contributed by atoms with van der Waals surface area (Å²) in [7, 11) is 1.70. The minimum atomic E-state index is -0.876. The molecule has 1 aromatic rings. The molecule has 3 heteroatoms. The van der Waals surface area contributed by atoms with Gasteiger partial charge in [0, 0.05) is 13.7 Å². The number of carboxylic acids is 1. The minimum Gasteiger partial charge on any atom is -0.478 e. The summed E-state index contributed by atoms with van der Waals surface area (Å²) in [5, 5.41) is 8.77. The molecule has 88 valence electrons. The minimum absolute atomic E-state index is 0.341. The molecule has 0 spiro atoms. The molecule has 1 rings (SSSR count). The van der Waals surface area contributed by atoms with E-state index in [9.17, 15) is 4.79 Å². The van der Waals surface area contributed by atoms with E-state index in [1.54, 1.807) is 19.2 Å². The first kappa shape index (κ1) is 12.7. The van der Waals surface area contributed by atoms with Crippen LogP contribution in [0.5, 0.6) is 0 Å². The highest BCUT2D eigenvalue weighted by molar-refractivity contribution is 5.87. The summed E-state index contributed by atoms with van der Waals surface area (Å²) in [5.74, 6) is -0.434. The molecule has 0 aliphatic heterocycles. The zero-order valence-electron chi connectivity index (χ0n) is 9.77. The van der Waals surface area contributed by atoms with Crippen molar-refractivity contribution in [3.63, 3.8) is 0 Å². The molecule has 16 heavy (non-hydrogen) atoms. The van der Waals surface area contributed by atoms with Crippen LogP contribution in [-0.2, 0) is 4.74 Å². The molecule has 0 saturated carbocycles. The van der Waals surface area contributed by atoms with E-state index < -0.39 is 5.97 Å². The van der Waals surface area contributed by atoms with Crippen LogP contribution in [0.1, 0.15) is 41.6 Å².